The largest absolute Gasteiger partial charge is 0.454 e. The number of carbonyl (C=O) groups excluding carboxylic acids is 1. The molecule has 4 aromatic rings. The number of pyridine rings is 2. The Balaban J connectivity index is 0.00000194. The van der Waals surface area contributed by atoms with Gasteiger partial charge in [0.15, 0.2) is 11.5 Å². The molecule has 2 aromatic carbocycles. The van der Waals surface area contributed by atoms with Crippen LogP contribution < -0.4 is 19.5 Å². The molecule has 2 aromatic heterocycles. The monoisotopic (exact) mass is 546 g/mol. The Hall–Kier alpha value is -4.28. The first-order valence-corrected chi connectivity index (χ1v) is 14.1. The van der Waals surface area contributed by atoms with E-state index in [0.717, 1.165) is 29.7 Å². The van der Waals surface area contributed by atoms with E-state index in [0.29, 0.717) is 29.4 Å². The van der Waals surface area contributed by atoms with Gasteiger partial charge in [-0.3, -0.25) is 9.78 Å². The Morgan fingerprint density at radius 1 is 0.949 bits per heavy atom. The molecule has 1 saturated carbocycles. The summed E-state index contributed by atoms with van der Waals surface area (Å²) in [5, 5.41) is 2.96. The number of carbonyl (C=O) groups is 1. The van der Waals surface area contributed by atoms with E-state index in [9.17, 15) is 13.2 Å². The van der Waals surface area contributed by atoms with Crippen LogP contribution in [0.3, 0.4) is 0 Å². The van der Waals surface area contributed by atoms with Gasteiger partial charge in [-0.05, 0) is 66.9 Å². The molecule has 0 spiro atoms. The number of sulfonamides is 1. The van der Waals surface area contributed by atoms with E-state index in [1.807, 2.05) is 48.5 Å². The summed E-state index contributed by atoms with van der Waals surface area (Å²) in [7, 11) is -3.67. The second-order valence-electron chi connectivity index (χ2n) is 9.51. The maximum absolute atomic E-state index is 13.3. The number of ether oxygens (including phenoxy) is 2. The van der Waals surface area contributed by atoms with Crippen LogP contribution in [0.2, 0.25) is 0 Å². The summed E-state index contributed by atoms with van der Waals surface area (Å²) in [4.78, 5) is 22.2. The molecule has 0 atom stereocenters. The first-order chi connectivity index (χ1) is 18.9. The van der Waals surface area contributed by atoms with Gasteiger partial charge in [-0.2, -0.15) is 0 Å². The van der Waals surface area contributed by atoms with Gasteiger partial charge < -0.3 is 14.8 Å². The van der Waals surface area contributed by atoms with Gasteiger partial charge in [0, 0.05) is 33.3 Å². The third-order valence-electron chi connectivity index (χ3n) is 6.96. The van der Waals surface area contributed by atoms with Crippen molar-refractivity contribution >= 4 is 21.7 Å². The number of fused-ring (bicyclic) bond motifs is 1. The van der Waals surface area contributed by atoms with Crippen molar-refractivity contribution in [1.82, 2.24) is 14.7 Å². The summed E-state index contributed by atoms with van der Waals surface area (Å²) in [5.74, 6) is 1.64. The van der Waals surface area contributed by atoms with Gasteiger partial charge in [0.2, 0.25) is 22.7 Å². The number of nitrogens with zero attached hydrogens (tertiary/aromatic N) is 2. The average Bonchev–Trinajstić information content (AvgIpc) is 3.64. The van der Waals surface area contributed by atoms with Crippen LogP contribution >= 0.6 is 0 Å². The Kier molecular flexibility index (Phi) is 6.49. The fourth-order valence-corrected chi connectivity index (χ4v) is 5.65. The maximum atomic E-state index is 13.3. The molecule has 1 fully saturated rings. The zero-order valence-corrected chi connectivity index (χ0v) is 21.8. The van der Waals surface area contributed by atoms with Crippen molar-refractivity contribution < 1.29 is 25.5 Å². The molecule has 0 unspecified atom stereocenters. The van der Waals surface area contributed by atoms with Crippen molar-refractivity contribution in [3.8, 4) is 22.8 Å². The van der Waals surface area contributed by atoms with E-state index in [-0.39, 0.29) is 27.0 Å². The topological polar surface area (TPSA) is 120 Å². The van der Waals surface area contributed by atoms with Crippen LogP contribution in [0.25, 0.3) is 11.3 Å². The molecular formula is C29H30N4O5S. The molecule has 10 heteroatoms. The number of amides is 1. The number of hydrogen-bond acceptors (Lipinski definition) is 7. The molecular weight excluding hydrogens is 516 g/mol. The van der Waals surface area contributed by atoms with Crippen LogP contribution in [0, 0.1) is 0 Å². The van der Waals surface area contributed by atoms with Gasteiger partial charge in [0.05, 0.1) is 16.0 Å². The fourth-order valence-electron chi connectivity index (χ4n) is 4.61. The van der Waals surface area contributed by atoms with Crippen LogP contribution in [-0.2, 0) is 26.7 Å². The van der Waals surface area contributed by atoms with Gasteiger partial charge in [0.25, 0.3) is 0 Å². The lowest BCUT2D eigenvalue weighted by atomic mass is 9.94. The van der Waals surface area contributed by atoms with Crippen molar-refractivity contribution in [2.45, 2.75) is 29.6 Å². The number of aromatic nitrogens is 2. The minimum absolute atomic E-state index is 0. The van der Waals surface area contributed by atoms with Gasteiger partial charge >= 0.3 is 0 Å². The lowest BCUT2D eigenvalue weighted by molar-refractivity contribution is -0.118. The van der Waals surface area contributed by atoms with Crippen LogP contribution in [0.5, 0.6) is 11.5 Å². The molecule has 2 aliphatic rings. The average molecular weight is 547 g/mol. The molecule has 1 aliphatic carbocycles. The Morgan fingerprint density at radius 2 is 1.77 bits per heavy atom. The van der Waals surface area contributed by atoms with E-state index in [4.69, 9.17) is 9.47 Å². The summed E-state index contributed by atoms with van der Waals surface area (Å²) in [6, 6.07) is 23.0. The quantitative estimate of drug-likeness (QED) is 0.316. The van der Waals surface area contributed by atoms with Crippen LogP contribution in [0.4, 0.5) is 5.82 Å². The van der Waals surface area contributed by atoms with Gasteiger partial charge in [-0.15, -0.1) is 0 Å². The van der Waals surface area contributed by atoms with E-state index in [1.165, 1.54) is 0 Å². The summed E-state index contributed by atoms with van der Waals surface area (Å²) in [6.07, 6.45) is 3.66. The number of benzene rings is 2. The summed E-state index contributed by atoms with van der Waals surface area (Å²) in [5.41, 5.74) is 2.45. The molecule has 0 radical (unpaired) electrons. The third-order valence-corrected chi connectivity index (χ3v) is 8.44. The fraction of sp³-hybridized carbons (Fsp3) is 0.207. The number of hydrogen-bond donors (Lipinski definition) is 2. The van der Waals surface area contributed by atoms with Crippen LogP contribution in [0.1, 0.15) is 27.0 Å². The zero-order valence-electron chi connectivity index (χ0n) is 21.0. The maximum Gasteiger partial charge on any atom is 0.240 e. The standard InChI is InChI=1S/C29H26N4O5S.2H2/c34-28(29(14-15-29)21-9-12-25-26(18-21)38-19-37-25)33-27-6-3-5-24(32-27)20-7-10-23(11-8-20)39(35,36)31-17-13-22-4-1-2-16-30-22;;/h1-12,16,18,31H,13-15,17,19H2,(H,32,33,34);2*1H. The first kappa shape index (κ1) is 25.0. The molecule has 3 heterocycles. The van der Waals surface area contributed by atoms with Crippen LogP contribution in [0.15, 0.2) is 90.0 Å². The molecule has 2 N–H and O–H groups in total. The zero-order chi connectivity index (χ0) is 26.9. The predicted octanol–water partition coefficient (Wildman–Crippen LogP) is 4.56. The van der Waals surface area contributed by atoms with Crippen molar-refractivity contribution in [2.24, 2.45) is 0 Å². The molecule has 39 heavy (non-hydrogen) atoms. The minimum atomic E-state index is -3.67. The third kappa shape index (κ3) is 5.21. The lowest BCUT2D eigenvalue weighted by Crippen LogP contribution is -2.28. The summed E-state index contributed by atoms with van der Waals surface area (Å²) < 4.78 is 38.9. The highest BCUT2D eigenvalue weighted by atomic mass is 32.2. The molecule has 0 saturated heterocycles. The lowest BCUT2D eigenvalue weighted by Gasteiger charge is -2.16. The SMILES string of the molecule is O=C(Nc1cccc(-c2ccc(S(=O)(=O)NCCc3ccccn3)cc2)n1)C1(c2ccc3c(c2)OCO3)CC1.[HH].[HH]. The predicted molar refractivity (Wildman–Crippen MR) is 149 cm³/mol. The summed E-state index contributed by atoms with van der Waals surface area (Å²) in [6.45, 7) is 0.433. The Labute approximate surface area is 229 Å². The van der Waals surface area contributed by atoms with Gasteiger partial charge in [-0.1, -0.05) is 30.3 Å². The normalized spacial score (nSPS) is 15.1. The first-order valence-electron chi connectivity index (χ1n) is 12.6. The number of anilines is 1. The minimum Gasteiger partial charge on any atom is -0.454 e. The second-order valence-corrected chi connectivity index (χ2v) is 11.3. The highest BCUT2D eigenvalue weighted by Gasteiger charge is 2.51. The molecule has 1 aliphatic heterocycles. The highest BCUT2D eigenvalue weighted by Crippen LogP contribution is 2.51. The van der Waals surface area contributed by atoms with Gasteiger partial charge in [-0.25, -0.2) is 18.1 Å². The van der Waals surface area contributed by atoms with E-state index >= 15 is 0 Å². The molecule has 202 valence electrons. The molecule has 6 rings (SSSR count). The molecule has 0 bridgehead atoms. The van der Waals surface area contributed by atoms with Crippen molar-refractivity contribution in [2.75, 3.05) is 18.7 Å². The Bertz CT molecular complexity index is 1630. The molecule has 1 amide bonds. The molecule has 9 nitrogen and oxygen atoms in total. The number of nitrogens with one attached hydrogen (secondary N) is 2. The highest BCUT2D eigenvalue weighted by molar-refractivity contribution is 7.89. The smallest absolute Gasteiger partial charge is 0.240 e. The van der Waals surface area contributed by atoms with Crippen molar-refractivity contribution in [3.63, 3.8) is 0 Å². The van der Waals surface area contributed by atoms with Crippen LogP contribution in [-0.4, -0.2) is 37.6 Å². The Morgan fingerprint density at radius 3 is 2.54 bits per heavy atom. The van der Waals surface area contributed by atoms with Crippen molar-refractivity contribution in [3.05, 3.63) is 96.3 Å². The summed E-state index contributed by atoms with van der Waals surface area (Å²) >= 11 is 0. The number of rotatable bonds is 9. The van der Waals surface area contributed by atoms with Crippen molar-refractivity contribution in [1.29, 1.82) is 0 Å². The van der Waals surface area contributed by atoms with Gasteiger partial charge in [0.1, 0.15) is 5.82 Å². The van der Waals surface area contributed by atoms with E-state index in [2.05, 4.69) is 20.0 Å². The van der Waals surface area contributed by atoms with E-state index < -0.39 is 15.4 Å². The second kappa shape index (κ2) is 10.1. The van der Waals surface area contributed by atoms with E-state index in [1.54, 1.807) is 36.5 Å².